The standard InChI is InChI=1S/C19H20ClNO3/c20-16-10-7-14(8-11-16)4-3-13-21-18(22)12-9-15-5-1-2-6-17(15)19(23)24/h1-2,5-8,10-11H,3-4,9,12-13H2,(H,21,22)(H,23,24). The van der Waals surface area contributed by atoms with Crippen LogP contribution in [0.1, 0.15) is 34.3 Å². The monoisotopic (exact) mass is 345 g/mol. The Kier molecular flexibility index (Phi) is 6.82. The Morgan fingerprint density at radius 1 is 1.00 bits per heavy atom. The highest BCUT2D eigenvalue weighted by molar-refractivity contribution is 6.30. The van der Waals surface area contributed by atoms with Gasteiger partial charge in [0.05, 0.1) is 5.56 Å². The second kappa shape index (κ2) is 9.08. The summed E-state index contributed by atoms with van der Waals surface area (Å²) in [6, 6.07) is 14.4. The number of carboxylic acid groups (broad SMARTS) is 1. The lowest BCUT2D eigenvalue weighted by molar-refractivity contribution is -0.121. The van der Waals surface area contributed by atoms with Crippen molar-refractivity contribution in [1.82, 2.24) is 5.32 Å². The molecule has 0 bridgehead atoms. The van der Waals surface area contributed by atoms with E-state index in [1.165, 1.54) is 5.56 Å². The van der Waals surface area contributed by atoms with Crippen molar-refractivity contribution in [3.8, 4) is 0 Å². The van der Waals surface area contributed by atoms with Crippen molar-refractivity contribution in [2.75, 3.05) is 6.54 Å². The van der Waals surface area contributed by atoms with Crippen molar-refractivity contribution < 1.29 is 14.7 Å². The molecule has 126 valence electrons. The Morgan fingerprint density at radius 3 is 2.42 bits per heavy atom. The molecule has 2 aromatic rings. The van der Waals surface area contributed by atoms with Gasteiger partial charge in [-0.25, -0.2) is 4.79 Å². The van der Waals surface area contributed by atoms with Crippen molar-refractivity contribution in [3.63, 3.8) is 0 Å². The predicted molar refractivity (Wildman–Crippen MR) is 94.5 cm³/mol. The summed E-state index contributed by atoms with van der Waals surface area (Å²) in [5, 5.41) is 12.7. The third kappa shape index (κ3) is 5.70. The van der Waals surface area contributed by atoms with Crippen LogP contribution in [-0.2, 0) is 17.6 Å². The zero-order chi connectivity index (χ0) is 17.4. The second-order valence-electron chi connectivity index (χ2n) is 5.54. The van der Waals surface area contributed by atoms with Gasteiger partial charge in [-0.2, -0.15) is 0 Å². The number of carbonyl (C=O) groups is 2. The topological polar surface area (TPSA) is 66.4 Å². The number of aryl methyl sites for hydroxylation is 2. The summed E-state index contributed by atoms with van der Waals surface area (Å²) < 4.78 is 0. The molecule has 0 spiro atoms. The summed E-state index contributed by atoms with van der Waals surface area (Å²) in [5.41, 5.74) is 2.12. The lowest BCUT2D eigenvalue weighted by Crippen LogP contribution is -2.25. The molecule has 0 atom stereocenters. The van der Waals surface area contributed by atoms with Crippen LogP contribution in [0, 0.1) is 0 Å². The zero-order valence-corrected chi connectivity index (χ0v) is 14.1. The van der Waals surface area contributed by atoms with Crippen molar-refractivity contribution in [2.24, 2.45) is 0 Å². The Bertz CT molecular complexity index is 698. The smallest absolute Gasteiger partial charge is 0.335 e. The van der Waals surface area contributed by atoms with E-state index in [4.69, 9.17) is 16.7 Å². The van der Waals surface area contributed by atoms with Crippen LogP contribution in [0.5, 0.6) is 0 Å². The molecule has 0 unspecified atom stereocenters. The second-order valence-corrected chi connectivity index (χ2v) is 5.98. The number of nitrogens with one attached hydrogen (secondary N) is 1. The van der Waals surface area contributed by atoms with Gasteiger partial charge in [0.15, 0.2) is 0 Å². The molecule has 0 radical (unpaired) electrons. The first kappa shape index (κ1) is 18.0. The Hall–Kier alpha value is -2.33. The molecule has 0 fully saturated rings. The van der Waals surface area contributed by atoms with Gasteiger partial charge in [-0.15, -0.1) is 0 Å². The predicted octanol–water partition coefficient (Wildman–Crippen LogP) is 3.72. The van der Waals surface area contributed by atoms with Crippen LogP contribution in [0.3, 0.4) is 0 Å². The van der Waals surface area contributed by atoms with Gasteiger partial charge in [0.1, 0.15) is 0 Å². The molecule has 0 aliphatic rings. The molecule has 0 heterocycles. The number of benzene rings is 2. The highest BCUT2D eigenvalue weighted by Crippen LogP contribution is 2.12. The molecule has 2 N–H and O–H groups in total. The van der Waals surface area contributed by atoms with E-state index in [-0.39, 0.29) is 17.9 Å². The SMILES string of the molecule is O=C(CCc1ccccc1C(=O)O)NCCCc1ccc(Cl)cc1. The van der Waals surface area contributed by atoms with E-state index in [2.05, 4.69) is 5.32 Å². The average Bonchev–Trinajstić information content (AvgIpc) is 2.58. The van der Waals surface area contributed by atoms with Crippen molar-refractivity contribution >= 4 is 23.5 Å². The van der Waals surface area contributed by atoms with Crippen molar-refractivity contribution in [1.29, 1.82) is 0 Å². The van der Waals surface area contributed by atoms with E-state index < -0.39 is 5.97 Å². The van der Waals surface area contributed by atoms with Crippen molar-refractivity contribution in [3.05, 3.63) is 70.2 Å². The minimum Gasteiger partial charge on any atom is -0.478 e. The van der Waals surface area contributed by atoms with Crippen LogP contribution < -0.4 is 5.32 Å². The van der Waals surface area contributed by atoms with Crippen LogP contribution in [0.15, 0.2) is 48.5 Å². The molecule has 4 nitrogen and oxygen atoms in total. The molecule has 0 aromatic heterocycles. The summed E-state index contributed by atoms with van der Waals surface area (Å²) in [6.07, 6.45) is 2.43. The van der Waals surface area contributed by atoms with Crippen LogP contribution >= 0.6 is 11.6 Å². The lowest BCUT2D eigenvalue weighted by Gasteiger charge is -2.07. The first-order chi connectivity index (χ1) is 11.6. The van der Waals surface area contributed by atoms with Crippen LogP contribution in [0.25, 0.3) is 0 Å². The molecular formula is C19H20ClNO3. The summed E-state index contributed by atoms with van der Waals surface area (Å²) in [7, 11) is 0. The molecule has 0 saturated carbocycles. The summed E-state index contributed by atoms with van der Waals surface area (Å²) in [5.74, 6) is -1.03. The molecule has 0 aliphatic heterocycles. The van der Waals surface area contributed by atoms with Gasteiger partial charge in [0.2, 0.25) is 5.91 Å². The maximum absolute atomic E-state index is 11.9. The van der Waals surface area contributed by atoms with E-state index in [1.54, 1.807) is 24.3 Å². The largest absolute Gasteiger partial charge is 0.478 e. The van der Waals surface area contributed by atoms with Gasteiger partial charge in [0, 0.05) is 18.0 Å². The van der Waals surface area contributed by atoms with E-state index in [0.29, 0.717) is 23.6 Å². The van der Waals surface area contributed by atoms with Gasteiger partial charge in [0.25, 0.3) is 0 Å². The fraction of sp³-hybridized carbons (Fsp3) is 0.263. The molecule has 5 heteroatoms. The number of hydrogen-bond donors (Lipinski definition) is 2. The minimum absolute atomic E-state index is 0.0636. The molecule has 1 amide bonds. The Balaban J connectivity index is 1.70. The molecule has 0 saturated heterocycles. The van der Waals surface area contributed by atoms with Gasteiger partial charge in [-0.05, 0) is 48.6 Å². The zero-order valence-electron chi connectivity index (χ0n) is 13.3. The van der Waals surface area contributed by atoms with E-state index in [9.17, 15) is 9.59 Å². The van der Waals surface area contributed by atoms with E-state index in [0.717, 1.165) is 12.8 Å². The molecular weight excluding hydrogens is 326 g/mol. The Labute approximate surface area is 146 Å². The fourth-order valence-corrected chi connectivity index (χ4v) is 2.58. The van der Waals surface area contributed by atoms with Gasteiger partial charge in [-0.3, -0.25) is 4.79 Å². The first-order valence-corrected chi connectivity index (χ1v) is 8.26. The summed E-state index contributed by atoms with van der Waals surface area (Å²) in [4.78, 5) is 23.0. The summed E-state index contributed by atoms with van der Waals surface area (Å²) >= 11 is 5.84. The molecule has 2 rings (SSSR count). The maximum Gasteiger partial charge on any atom is 0.335 e. The molecule has 0 aliphatic carbocycles. The lowest BCUT2D eigenvalue weighted by atomic mass is 10.0. The number of hydrogen-bond acceptors (Lipinski definition) is 2. The summed E-state index contributed by atoms with van der Waals surface area (Å²) in [6.45, 7) is 0.599. The average molecular weight is 346 g/mol. The van der Waals surface area contributed by atoms with Gasteiger partial charge in [-0.1, -0.05) is 41.9 Å². The quantitative estimate of drug-likeness (QED) is 0.716. The molecule has 24 heavy (non-hydrogen) atoms. The van der Waals surface area contributed by atoms with E-state index in [1.807, 2.05) is 24.3 Å². The van der Waals surface area contributed by atoms with Crippen LogP contribution in [0.4, 0.5) is 0 Å². The van der Waals surface area contributed by atoms with Crippen LogP contribution in [0.2, 0.25) is 5.02 Å². The van der Waals surface area contributed by atoms with E-state index >= 15 is 0 Å². The maximum atomic E-state index is 11.9. The highest BCUT2D eigenvalue weighted by atomic mass is 35.5. The third-order valence-electron chi connectivity index (χ3n) is 3.75. The number of rotatable bonds is 8. The number of carbonyl (C=O) groups excluding carboxylic acids is 1. The van der Waals surface area contributed by atoms with Crippen LogP contribution in [-0.4, -0.2) is 23.5 Å². The number of carboxylic acids is 1. The minimum atomic E-state index is -0.964. The first-order valence-electron chi connectivity index (χ1n) is 7.88. The number of halogens is 1. The van der Waals surface area contributed by atoms with Gasteiger partial charge >= 0.3 is 5.97 Å². The highest BCUT2D eigenvalue weighted by Gasteiger charge is 2.10. The third-order valence-corrected chi connectivity index (χ3v) is 4.00. The van der Waals surface area contributed by atoms with Crippen molar-refractivity contribution in [2.45, 2.75) is 25.7 Å². The normalized spacial score (nSPS) is 10.4. The van der Waals surface area contributed by atoms with Gasteiger partial charge < -0.3 is 10.4 Å². The number of aromatic carboxylic acids is 1. The Morgan fingerprint density at radius 2 is 1.71 bits per heavy atom. The molecule has 2 aromatic carbocycles. The number of amides is 1. The fourth-order valence-electron chi connectivity index (χ4n) is 2.45.